The average Bonchev–Trinajstić information content (AvgIpc) is 2.72. The summed E-state index contributed by atoms with van der Waals surface area (Å²) in [7, 11) is 1.59. The van der Waals surface area contributed by atoms with Crippen LogP contribution in [0, 0.1) is 6.92 Å². The number of esters is 1. The summed E-state index contributed by atoms with van der Waals surface area (Å²) in [4.78, 5) is 23.8. The lowest BCUT2D eigenvalue weighted by Crippen LogP contribution is -2.33. The van der Waals surface area contributed by atoms with Gasteiger partial charge in [-0.1, -0.05) is 28.1 Å². The van der Waals surface area contributed by atoms with Gasteiger partial charge in [0.15, 0.2) is 0 Å². The molecule has 0 saturated carbocycles. The molecule has 2 aromatic carbocycles. The van der Waals surface area contributed by atoms with Crippen molar-refractivity contribution in [3.8, 4) is 5.75 Å². The van der Waals surface area contributed by atoms with Gasteiger partial charge in [0.05, 0.1) is 7.11 Å². The summed E-state index contributed by atoms with van der Waals surface area (Å²) in [5.41, 5.74) is 3.04. The lowest BCUT2D eigenvalue weighted by molar-refractivity contribution is -0.187. The molecular weight excluding hydrogens is 402 g/mol. The Hall–Kier alpha value is -2.38. The number of rotatable bonds is 3. The maximum atomic E-state index is 12.4. The minimum absolute atomic E-state index is 0.535. The fourth-order valence-electron chi connectivity index (χ4n) is 2.92. The molecular formula is C19H18BrNO5. The van der Waals surface area contributed by atoms with Crippen molar-refractivity contribution in [3.63, 3.8) is 0 Å². The predicted octanol–water partition coefficient (Wildman–Crippen LogP) is 3.71. The second-order valence-corrected chi connectivity index (χ2v) is 6.77. The minimum atomic E-state index is -1.35. The Balaban J connectivity index is 2.15. The van der Waals surface area contributed by atoms with Gasteiger partial charge in [-0.15, -0.1) is 0 Å². The molecule has 0 radical (unpaired) electrons. The Kier molecular flexibility index (Phi) is 5.29. The van der Waals surface area contributed by atoms with E-state index in [1.165, 1.54) is 6.92 Å². The zero-order valence-electron chi connectivity index (χ0n) is 14.5. The molecule has 0 bridgehead atoms. The fraction of sp³-hybridized carbons (Fsp3) is 0.263. The van der Waals surface area contributed by atoms with Crippen LogP contribution in [0.25, 0.3) is 0 Å². The Morgan fingerprint density at radius 3 is 2.69 bits per heavy atom. The summed E-state index contributed by atoms with van der Waals surface area (Å²) in [5.74, 6) is -0.430. The van der Waals surface area contributed by atoms with Crippen molar-refractivity contribution < 1.29 is 23.8 Å². The van der Waals surface area contributed by atoms with Gasteiger partial charge in [-0.2, -0.15) is 0 Å². The molecule has 2 atom stereocenters. The molecule has 1 aliphatic heterocycles. The number of halogens is 1. The highest BCUT2D eigenvalue weighted by Gasteiger charge is 2.34. The highest BCUT2D eigenvalue weighted by Crippen LogP contribution is 2.39. The lowest BCUT2D eigenvalue weighted by atomic mass is 9.95. The van der Waals surface area contributed by atoms with E-state index in [1.54, 1.807) is 13.2 Å². The molecule has 3 rings (SSSR count). The van der Waals surface area contributed by atoms with Gasteiger partial charge in [0.2, 0.25) is 0 Å². The molecule has 1 amide bonds. The Bertz CT molecular complexity index is 867. The molecule has 2 aromatic rings. The zero-order valence-corrected chi connectivity index (χ0v) is 16.1. The topological polar surface area (TPSA) is 73.9 Å². The zero-order chi connectivity index (χ0) is 18.8. The Morgan fingerprint density at radius 1 is 1.23 bits per heavy atom. The fourth-order valence-corrected chi connectivity index (χ4v) is 3.30. The summed E-state index contributed by atoms with van der Waals surface area (Å²) in [6.07, 6.45) is -1.98. The van der Waals surface area contributed by atoms with Crippen LogP contribution in [0.3, 0.4) is 0 Å². The standard InChI is InChI=1S/C19H18BrNO5/c1-10-13(5-4-6-16(10)24-3)17-14-9-12(20)7-8-15(14)21-18(23)19(26-17)25-11(2)22/h4-9,17,19H,1-3H3,(H,21,23)/t17-,19+/m1/s1. The van der Waals surface area contributed by atoms with Crippen molar-refractivity contribution in [2.45, 2.75) is 26.2 Å². The van der Waals surface area contributed by atoms with Crippen LogP contribution in [0.5, 0.6) is 5.75 Å². The smallest absolute Gasteiger partial charge is 0.305 e. The second kappa shape index (κ2) is 7.47. The highest BCUT2D eigenvalue weighted by atomic mass is 79.9. The SMILES string of the molecule is COc1cccc([C@H]2O[C@H](OC(C)=O)C(=O)Nc3ccc(Br)cc32)c1C. The Labute approximate surface area is 159 Å². The summed E-state index contributed by atoms with van der Waals surface area (Å²) < 4.78 is 17.3. The first-order chi connectivity index (χ1) is 12.4. The number of carbonyl (C=O) groups excluding carboxylic acids is 2. The number of anilines is 1. The van der Waals surface area contributed by atoms with E-state index in [0.717, 1.165) is 21.2 Å². The first-order valence-electron chi connectivity index (χ1n) is 7.97. The molecule has 6 nitrogen and oxygen atoms in total. The molecule has 0 saturated heterocycles. The van der Waals surface area contributed by atoms with E-state index in [2.05, 4.69) is 21.2 Å². The van der Waals surface area contributed by atoms with Gasteiger partial charge in [-0.05, 0) is 42.3 Å². The summed E-state index contributed by atoms with van der Waals surface area (Å²) in [5, 5.41) is 2.76. The third kappa shape index (κ3) is 3.59. The van der Waals surface area contributed by atoms with Crippen molar-refractivity contribution in [2.75, 3.05) is 12.4 Å². The van der Waals surface area contributed by atoms with E-state index in [9.17, 15) is 9.59 Å². The molecule has 0 unspecified atom stereocenters. The van der Waals surface area contributed by atoms with E-state index in [0.29, 0.717) is 11.4 Å². The molecule has 1 N–H and O–H groups in total. The summed E-state index contributed by atoms with van der Waals surface area (Å²) >= 11 is 3.45. The Morgan fingerprint density at radius 2 is 2.00 bits per heavy atom. The van der Waals surface area contributed by atoms with Gasteiger partial charge in [-0.3, -0.25) is 9.59 Å². The number of benzene rings is 2. The van der Waals surface area contributed by atoms with Crippen LogP contribution >= 0.6 is 15.9 Å². The molecule has 0 aliphatic carbocycles. The van der Waals surface area contributed by atoms with Gasteiger partial charge in [0.1, 0.15) is 11.9 Å². The van der Waals surface area contributed by atoms with Gasteiger partial charge in [0.25, 0.3) is 12.2 Å². The minimum Gasteiger partial charge on any atom is -0.496 e. The van der Waals surface area contributed by atoms with Gasteiger partial charge in [-0.25, -0.2) is 0 Å². The van der Waals surface area contributed by atoms with E-state index in [4.69, 9.17) is 14.2 Å². The maximum Gasteiger partial charge on any atom is 0.305 e. The number of carbonyl (C=O) groups is 2. The van der Waals surface area contributed by atoms with E-state index in [1.807, 2.05) is 37.3 Å². The van der Waals surface area contributed by atoms with Crippen LogP contribution < -0.4 is 10.1 Å². The van der Waals surface area contributed by atoms with Crippen molar-refractivity contribution in [2.24, 2.45) is 0 Å². The summed E-state index contributed by atoms with van der Waals surface area (Å²) in [6, 6.07) is 11.1. The lowest BCUT2D eigenvalue weighted by Gasteiger charge is -2.23. The first kappa shape index (κ1) is 18.4. The molecule has 1 heterocycles. The highest BCUT2D eigenvalue weighted by molar-refractivity contribution is 9.10. The molecule has 0 aromatic heterocycles. The third-order valence-electron chi connectivity index (χ3n) is 4.13. The van der Waals surface area contributed by atoms with Crippen LogP contribution in [0.1, 0.15) is 29.7 Å². The molecule has 7 heteroatoms. The number of ether oxygens (including phenoxy) is 3. The quantitative estimate of drug-likeness (QED) is 0.767. The van der Waals surface area contributed by atoms with Crippen LogP contribution in [-0.4, -0.2) is 25.3 Å². The first-order valence-corrected chi connectivity index (χ1v) is 8.76. The van der Waals surface area contributed by atoms with Gasteiger partial charge < -0.3 is 19.5 Å². The van der Waals surface area contributed by atoms with Crippen molar-refractivity contribution in [3.05, 3.63) is 57.6 Å². The number of amides is 1. The molecule has 0 spiro atoms. The molecule has 0 fully saturated rings. The van der Waals surface area contributed by atoms with E-state index in [-0.39, 0.29) is 0 Å². The number of methoxy groups -OCH3 is 1. The normalized spacial score (nSPS) is 19.2. The summed E-state index contributed by atoms with van der Waals surface area (Å²) in [6.45, 7) is 3.15. The van der Waals surface area contributed by atoms with Crippen LogP contribution in [0.4, 0.5) is 5.69 Å². The number of fused-ring (bicyclic) bond motifs is 1. The predicted molar refractivity (Wildman–Crippen MR) is 99.0 cm³/mol. The molecule has 26 heavy (non-hydrogen) atoms. The average molecular weight is 420 g/mol. The monoisotopic (exact) mass is 419 g/mol. The number of nitrogens with one attached hydrogen (secondary N) is 1. The van der Waals surface area contributed by atoms with Crippen LogP contribution in [-0.2, 0) is 19.1 Å². The van der Waals surface area contributed by atoms with Crippen LogP contribution in [0.15, 0.2) is 40.9 Å². The number of hydrogen-bond acceptors (Lipinski definition) is 5. The second-order valence-electron chi connectivity index (χ2n) is 5.85. The van der Waals surface area contributed by atoms with Crippen LogP contribution in [0.2, 0.25) is 0 Å². The largest absolute Gasteiger partial charge is 0.496 e. The van der Waals surface area contributed by atoms with Gasteiger partial charge >= 0.3 is 5.97 Å². The van der Waals surface area contributed by atoms with Crippen molar-refractivity contribution in [1.29, 1.82) is 0 Å². The number of hydrogen-bond donors (Lipinski definition) is 1. The maximum absolute atomic E-state index is 12.4. The van der Waals surface area contributed by atoms with E-state index < -0.39 is 24.3 Å². The third-order valence-corrected chi connectivity index (χ3v) is 4.62. The van der Waals surface area contributed by atoms with E-state index >= 15 is 0 Å². The van der Waals surface area contributed by atoms with Gasteiger partial charge in [0, 0.05) is 22.6 Å². The molecule has 1 aliphatic rings. The molecule has 136 valence electrons. The van der Waals surface area contributed by atoms with Crippen molar-refractivity contribution >= 4 is 33.5 Å². The van der Waals surface area contributed by atoms with Crippen molar-refractivity contribution in [1.82, 2.24) is 0 Å².